The highest BCUT2D eigenvalue weighted by Gasteiger charge is 2.26. The number of aryl methyl sites for hydroxylation is 1. The summed E-state index contributed by atoms with van der Waals surface area (Å²) in [6.45, 7) is 7.40. The molecule has 0 radical (unpaired) electrons. The monoisotopic (exact) mass is 532 g/mol. The zero-order valence-electron chi connectivity index (χ0n) is 21.9. The van der Waals surface area contributed by atoms with Crippen LogP contribution in [0, 0.1) is 25.2 Å². The van der Waals surface area contributed by atoms with Crippen molar-refractivity contribution in [3.8, 4) is 17.5 Å². The van der Waals surface area contributed by atoms with Crippen LogP contribution in [0.15, 0.2) is 65.1 Å². The number of nitrogens with one attached hydrogen (secondary N) is 1. The SMILES string of the molecule is CCOc1ccc(-n2c(C)cc(C=C(C#N)C(=O)Nc3cccc(S(=O)(=O)N4CCCCC4)c3)c2C)cc1. The highest BCUT2D eigenvalue weighted by atomic mass is 32.2. The average Bonchev–Trinajstić information content (AvgIpc) is 3.20. The molecule has 1 amide bonds. The number of piperidine rings is 1. The Morgan fingerprint density at radius 2 is 1.79 bits per heavy atom. The molecule has 38 heavy (non-hydrogen) atoms. The number of rotatable bonds is 8. The lowest BCUT2D eigenvalue weighted by atomic mass is 10.1. The first kappa shape index (κ1) is 27.2. The number of carbonyl (C=O) groups excluding carboxylic acids is 1. The molecule has 1 aromatic heterocycles. The Hall–Kier alpha value is -3.87. The molecular weight excluding hydrogens is 500 g/mol. The van der Waals surface area contributed by atoms with Crippen LogP contribution in [-0.4, -0.2) is 42.9 Å². The molecule has 0 atom stereocenters. The molecule has 0 aliphatic carbocycles. The Kier molecular flexibility index (Phi) is 8.35. The fraction of sp³-hybridized carbons (Fsp3) is 0.310. The van der Waals surface area contributed by atoms with Gasteiger partial charge in [-0.05, 0) is 93.8 Å². The van der Waals surface area contributed by atoms with E-state index in [-0.39, 0.29) is 10.5 Å². The Morgan fingerprint density at radius 3 is 2.45 bits per heavy atom. The van der Waals surface area contributed by atoms with Crippen LogP contribution in [0.5, 0.6) is 5.75 Å². The maximum Gasteiger partial charge on any atom is 0.266 e. The van der Waals surface area contributed by atoms with Gasteiger partial charge in [0, 0.05) is 35.9 Å². The highest BCUT2D eigenvalue weighted by Crippen LogP contribution is 2.26. The first-order valence-corrected chi connectivity index (χ1v) is 14.1. The quantitative estimate of drug-likeness (QED) is 0.317. The summed E-state index contributed by atoms with van der Waals surface area (Å²) in [5, 5.41) is 12.4. The van der Waals surface area contributed by atoms with Gasteiger partial charge in [-0.25, -0.2) is 8.42 Å². The second-order valence-electron chi connectivity index (χ2n) is 9.21. The number of benzene rings is 2. The van der Waals surface area contributed by atoms with Crippen LogP contribution >= 0.6 is 0 Å². The van der Waals surface area contributed by atoms with Crippen LogP contribution in [0.1, 0.15) is 43.1 Å². The Balaban J connectivity index is 1.56. The summed E-state index contributed by atoms with van der Waals surface area (Å²) >= 11 is 0. The van der Waals surface area contributed by atoms with E-state index in [4.69, 9.17) is 4.74 Å². The third-order valence-electron chi connectivity index (χ3n) is 6.59. The zero-order chi connectivity index (χ0) is 27.3. The highest BCUT2D eigenvalue weighted by molar-refractivity contribution is 7.89. The molecule has 4 rings (SSSR count). The van der Waals surface area contributed by atoms with Gasteiger partial charge in [-0.2, -0.15) is 9.57 Å². The van der Waals surface area contributed by atoms with E-state index in [1.165, 1.54) is 16.4 Å². The molecule has 1 aliphatic heterocycles. The third-order valence-corrected chi connectivity index (χ3v) is 8.48. The minimum atomic E-state index is -3.64. The largest absolute Gasteiger partial charge is 0.494 e. The minimum absolute atomic E-state index is 0.0822. The van der Waals surface area contributed by atoms with Gasteiger partial charge in [0.2, 0.25) is 10.0 Å². The van der Waals surface area contributed by atoms with Crippen LogP contribution in [0.2, 0.25) is 0 Å². The lowest BCUT2D eigenvalue weighted by molar-refractivity contribution is -0.112. The number of nitriles is 1. The molecule has 1 saturated heterocycles. The van der Waals surface area contributed by atoms with Crippen LogP contribution < -0.4 is 10.1 Å². The van der Waals surface area contributed by atoms with E-state index >= 15 is 0 Å². The number of carbonyl (C=O) groups is 1. The zero-order valence-corrected chi connectivity index (χ0v) is 22.7. The molecule has 3 aromatic rings. The van der Waals surface area contributed by atoms with Crippen molar-refractivity contribution in [2.75, 3.05) is 25.0 Å². The molecule has 9 heteroatoms. The predicted molar refractivity (Wildman–Crippen MR) is 148 cm³/mol. The van der Waals surface area contributed by atoms with E-state index < -0.39 is 15.9 Å². The van der Waals surface area contributed by atoms with Crippen LogP contribution in [-0.2, 0) is 14.8 Å². The normalized spacial score (nSPS) is 14.6. The Labute approximate surface area is 224 Å². The van der Waals surface area contributed by atoms with Crippen molar-refractivity contribution in [2.45, 2.75) is 44.9 Å². The number of aromatic nitrogens is 1. The number of anilines is 1. The molecule has 0 unspecified atom stereocenters. The molecule has 0 bridgehead atoms. The van der Waals surface area contributed by atoms with Crippen LogP contribution in [0.25, 0.3) is 11.8 Å². The standard InChI is InChI=1S/C29H32N4O4S/c1-4-37-27-13-11-26(12-14-27)33-21(2)17-23(22(33)3)18-24(20-30)29(34)31-25-9-8-10-28(19-25)38(35,36)32-15-6-5-7-16-32/h8-14,17-19H,4-7,15-16H2,1-3H3,(H,31,34). The Bertz CT molecular complexity index is 1490. The number of ether oxygens (including phenoxy) is 1. The number of hydrogen-bond acceptors (Lipinski definition) is 5. The molecule has 198 valence electrons. The average molecular weight is 533 g/mol. The molecule has 8 nitrogen and oxygen atoms in total. The number of hydrogen-bond donors (Lipinski definition) is 1. The van der Waals surface area contributed by atoms with E-state index in [0.717, 1.165) is 47.7 Å². The summed E-state index contributed by atoms with van der Waals surface area (Å²) in [7, 11) is -3.64. The maximum atomic E-state index is 13.0. The van der Waals surface area contributed by atoms with E-state index in [1.54, 1.807) is 18.2 Å². The summed E-state index contributed by atoms with van der Waals surface area (Å²) in [6, 6.07) is 17.8. The summed E-state index contributed by atoms with van der Waals surface area (Å²) in [4.78, 5) is 13.1. The summed E-state index contributed by atoms with van der Waals surface area (Å²) < 4.78 is 35.1. The minimum Gasteiger partial charge on any atom is -0.494 e. The topological polar surface area (TPSA) is 104 Å². The first-order chi connectivity index (χ1) is 18.2. The van der Waals surface area contributed by atoms with E-state index in [2.05, 4.69) is 5.32 Å². The van der Waals surface area contributed by atoms with Gasteiger partial charge in [0.1, 0.15) is 17.4 Å². The van der Waals surface area contributed by atoms with Crippen molar-refractivity contribution in [2.24, 2.45) is 0 Å². The van der Waals surface area contributed by atoms with Crippen LogP contribution in [0.4, 0.5) is 5.69 Å². The summed E-state index contributed by atoms with van der Waals surface area (Å²) in [5.41, 5.74) is 3.74. The van der Waals surface area contributed by atoms with Gasteiger partial charge in [0.15, 0.2) is 0 Å². The van der Waals surface area contributed by atoms with Gasteiger partial charge < -0.3 is 14.6 Å². The fourth-order valence-corrected chi connectivity index (χ4v) is 6.24. The molecule has 0 saturated carbocycles. The molecule has 1 N–H and O–H groups in total. The maximum absolute atomic E-state index is 13.0. The second-order valence-corrected chi connectivity index (χ2v) is 11.1. The second kappa shape index (κ2) is 11.7. The van der Waals surface area contributed by atoms with E-state index in [9.17, 15) is 18.5 Å². The van der Waals surface area contributed by atoms with Crippen molar-refractivity contribution in [3.63, 3.8) is 0 Å². The summed E-state index contributed by atoms with van der Waals surface area (Å²) in [6.07, 6.45) is 4.25. The van der Waals surface area contributed by atoms with Gasteiger partial charge in [0.25, 0.3) is 5.91 Å². The number of sulfonamides is 1. The fourth-order valence-electron chi connectivity index (χ4n) is 4.68. The third kappa shape index (κ3) is 5.82. The first-order valence-electron chi connectivity index (χ1n) is 12.7. The van der Waals surface area contributed by atoms with Gasteiger partial charge in [-0.1, -0.05) is 12.5 Å². The van der Waals surface area contributed by atoms with Gasteiger partial charge in [0.05, 0.1) is 11.5 Å². The summed E-state index contributed by atoms with van der Waals surface area (Å²) in [5.74, 6) is 0.181. The van der Waals surface area contributed by atoms with Gasteiger partial charge in [-0.3, -0.25) is 4.79 Å². The molecule has 1 aliphatic rings. The van der Waals surface area contributed by atoms with Crippen LogP contribution in [0.3, 0.4) is 0 Å². The van der Waals surface area contributed by atoms with Gasteiger partial charge >= 0.3 is 0 Å². The lowest BCUT2D eigenvalue weighted by Crippen LogP contribution is -2.35. The van der Waals surface area contributed by atoms with Gasteiger partial charge in [-0.15, -0.1) is 0 Å². The van der Waals surface area contributed by atoms with E-state index in [1.807, 2.05) is 61.7 Å². The van der Waals surface area contributed by atoms with Crippen molar-refractivity contribution in [3.05, 3.63) is 77.1 Å². The number of nitrogens with zero attached hydrogens (tertiary/aromatic N) is 3. The van der Waals surface area contributed by atoms with Crippen molar-refractivity contribution < 1.29 is 17.9 Å². The molecular formula is C29H32N4O4S. The predicted octanol–water partition coefficient (Wildman–Crippen LogP) is 5.21. The number of amides is 1. The van der Waals surface area contributed by atoms with Crippen molar-refractivity contribution >= 4 is 27.7 Å². The molecule has 0 spiro atoms. The van der Waals surface area contributed by atoms with E-state index in [0.29, 0.717) is 25.4 Å². The molecule has 1 fully saturated rings. The lowest BCUT2D eigenvalue weighted by Gasteiger charge is -2.26. The van der Waals surface area contributed by atoms with Crippen molar-refractivity contribution in [1.29, 1.82) is 5.26 Å². The smallest absolute Gasteiger partial charge is 0.266 e. The Morgan fingerprint density at radius 1 is 1.08 bits per heavy atom. The molecule has 2 aromatic carbocycles. The van der Waals surface area contributed by atoms with Crippen molar-refractivity contribution in [1.82, 2.24) is 8.87 Å². The molecule has 2 heterocycles.